The molecule has 1 aromatic carbocycles. The number of hydrogen-bond acceptors (Lipinski definition) is 6. The maximum atomic E-state index is 14.6. The number of hydrogen-bond donors (Lipinski definition) is 2. The van der Waals surface area contributed by atoms with Crippen molar-refractivity contribution in [2.75, 3.05) is 18.0 Å². The Morgan fingerprint density at radius 3 is 2.32 bits per heavy atom. The predicted molar refractivity (Wildman–Crippen MR) is 113 cm³/mol. The lowest BCUT2D eigenvalue weighted by Crippen LogP contribution is -2.47. The van der Waals surface area contributed by atoms with Crippen LogP contribution in [0.1, 0.15) is 53.0 Å². The average Bonchev–Trinajstić information content (AvgIpc) is 2.65. The van der Waals surface area contributed by atoms with Crippen LogP contribution in [0, 0.1) is 23.0 Å². The second-order valence-corrected chi connectivity index (χ2v) is 8.96. The highest BCUT2D eigenvalue weighted by molar-refractivity contribution is 5.83. The van der Waals surface area contributed by atoms with Crippen LogP contribution in [0.15, 0.2) is 12.1 Å². The van der Waals surface area contributed by atoms with E-state index in [0.717, 1.165) is 12.1 Å². The Balaban J connectivity index is 2.03. The van der Waals surface area contributed by atoms with Crippen molar-refractivity contribution >= 4 is 23.5 Å². The zero-order valence-corrected chi connectivity index (χ0v) is 18.7. The normalized spacial score (nSPS) is 15.6. The molecule has 0 bridgehead atoms. The highest BCUT2D eigenvalue weighted by atomic mass is 19.1. The van der Waals surface area contributed by atoms with E-state index >= 15 is 0 Å². The van der Waals surface area contributed by atoms with Gasteiger partial charge >= 0.3 is 12.1 Å². The summed E-state index contributed by atoms with van der Waals surface area (Å²) in [5.74, 6) is -2.37. The van der Waals surface area contributed by atoms with Crippen LogP contribution in [-0.4, -0.2) is 42.5 Å². The van der Waals surface area contributed by atoms with E-state index in [9.17, 15) is 18.4 Å². The van der Waals surface area contributed by atoms with Gasteiger partial charge < -0.3 is 25.1 Å². The van der Waals surface area contributed by atoms with Gasteiger partial charge in [0.1, 0.15) is 29.9 Å². The Kier molecular flexibility index (Phi) is 7.97. The van der Waals surface area contributed by atoms with E-state index in [1.165, 1.54) is 0 Å². The number of ether oxygens (including phenoxy) is 2. The number of rotatable bonds is 6. The number of esters is 1. The first kappa shape index (κ1) is 24.6. The van der Waals surface area contributed by atoms with Gasteiger partial charge in [0, 0.05) is 43.3 Å². The third kappa shape index (κ3) is 7.18. The van der Waals surface area contributed by atoms with Crippen molar-refractivity contribution in [1.82, 2.24) is 5.32 Å². The molecule has 1 amide bonds. The monoisotopic (exact) mass is 439 g/mol. The van der Waals surface area contributed by atoms with Crippen molar-refractivity contribution in [3.05, 3.63) is 29.3 Å². The smallest absolute Gasteiger partial charge is 0.408 e. The van der Waals surface area contributed by atoms with Gasteiger partial charge in [0.05, 0.1) is 5.69 Å². The Morgan fingerprint density at radius 1 is 1.16 bits per heavy atom. The van der Waals surface area contributed by atoms with Crippen molar-refractivity contribution in [1.29, 1.82) is 5.41 Å². The number of benzene rings is 1. The third-order valence-electron chi connectivity index (χ3n) is 4.79. The topological polar surface area (TPSA) is 91.7 Å². The van der Waals surface area contributed by atoms with E-state index in [0.29, 0.717) is 31.6 Å². The molecule has 1 aromatic rings. The fourth-order valence-electron chi connectivity index (χ4n) is 3.12. The van der Waals surface area contributed by atoms with Crippen molar-refractivity contribution in [3.8, 4) is 0 Å². The van der Waals surface area contributed by atoms with Crippen molar-refractivity contribution in [2.24, 2.45) is 5.92 Å². The van der Waals surface area contributed by atoms with Gasteiger partial charge in [0.25, 0.3) is 0 Å². The van der Waals surface area contributed by atoms with Crippen molar-refractivity contribution < 1.29 is 27.8 Å². The van der Waals surface area contributed by atoms with Gasteiger partial charge in [-0.3, -0.25) is 0 Å². The SMILES string of the molecule is CC(C)C(NC(=O)OC(C)(C)C)C(=O)OCc1cc(F)c(N2CCC(=N)CC2)cc1F. The molecular weight excluding hydrogens is 408 g/mol. The first-order valence-electron chi connectivity index (χ1n) is 10.3. The maximum Gasteiger partial charge on any atom is 0.408 e. The summed E-state index contributed by atoms with van der Waals surface area (Å²) in [5, 5.41) is 10.1. The number of halogens is 2. The van der Waals surface area contributed by atoms with E-state index in [2.05, 4.69) is 5.32 Å². The summed E-state index contributed by atoms with van der Waals surface area (Å²) < 4.78 is 39.4. The molecular formula is C22H31F2N3O4. The molecule has 0 aliphatic carbocycles. The number of carbonyl (C=O) groups excluding carboxylic acids is 2. The van der Waals surface area contributed by atoms with Crippen LogP contribution in [0.25, 0.3) is 0 Å². The Morgan fingerprint density at radius 2 is 1.77 bits per heavy atom. The minimum Gasteiger partial charge on any atom is -0.459 e. The molecule has 1 saturated heterocycles. The van der Waals surface area contributed by atoms with Gasteiger partial charge in [-0.2, -0.15) is 0 Å². The Hall–Kier alpha value is -2.71. The minimum absolute atomic E-state index is 0.0980. The van der Waals surface area contributed by atoms with Crippen LogP contribution in [0.3, 0.4) is 0 Å². The molecule has 1 heterocycles. The van der Waals surface area contributed by atoms with Gasteiger partial charge in [0.15, 0.2) is 0 Å². The van der Waals surface area contributed by atoms with Crippen molar-refractivity contribution in [3.63, 3.8) is 0 Å². The van der Waals surface area contributed by atoms with Gasteiger partial charge in [-0.25, -0.2) is 18.4 Å². The van der Waals surface area contributed by atoms with Crippen LogP contribution < -0.4 is 10.2 Å². The van der Waals surface area contributed by atoms with Gasteiger partial charge in [0.2, 0.25) is 0 Å². The zero-order valence-electron chi connectivity index (χ0n) is 18.7. The first-order valence-corrected chi connectivity index (χ1v) is 10.3. The largest absolute Gasteiger partial charge is 0.459 e. The predicted octanol–water partition coefficient (Wildman–Crippen LogP) is 4.18. The number of amides is 1. The molecule has 31 heavy (non-hydrogen) atoms. The molecule has 0 spiro atoms. The summed E-state index contributed by atoms with van der Waals surface area (Å²) >= 11 is 0. The molecule has 172 valence electrons. The van der Waals surface area contributed by atoms with E-state index in [1.54, 1.807) is 39.5 Å². The quantitative estimate of drug-likeness (QED) is 0.649. The number of nitrogens with zero attached hydrogens (tertiary/aromatic N) is 1. The van der Waals surface area contributed by atoms with E-state index in [1.807, 2.05) is 0 Å². The lowest BCUT2D eigenvalue weighted by molar-refractivity contribution is -0.148. The molecule has 1 fully saturated rings. The number of alkyl carbamates (subject to hydrolysis) is 1. The number of anilines is 1. The number of carbonyl (C=O) groups is 2. The highest BCUT2D eigenvalue weighted by Gasteiger charge is 2.28. The van der Waals surface area contributed by atoms with Gasteiger partial charge in [-0.15, -0.1) is 0 Å². The fourth-order valence-corrected chi connectivity index (χ4v) is 3.12. The number of piperidine rings is 1. The summed E-state index contributed by atoms with van der Waals surface area (Å²) in [5.41, 5.74) is -0.0989. The van der Waals surface area contributed by atoms with Gasteiger partial charge in [-0.05, 0) is 32.8 Å². The zero-order chi connectivity index (χ0) is 23.3. The summed E-state index contributed by atoms with van der Waals surface area (Å²) in [6.07, 6.45) is 0.267. The summed E-state index contributed by atoms with van der Waals surface area (Å²) in [7, 11) is 0. The standard InChI is InChI=1S/C22H31F2N3O4/c1-13(2)19(26-21(29)31-22(3,4)5)20(28)30-12-14-10-17(24)18(11-16(14)23)27-8-6-15(25)7-9-27/h10-11,13,19,25H,6-9,12H2,1-5H3,(H,26,29). The van der Waals surface area contributed by atoms with E-state index < -0.39 is 41.9 Å². The first-order chi connectivity index (χ1) is 14.4. The molecule has 0 aromatic heterocycles. The molecule has 1 unspecified atom stereocenters. The highest BCUT2D eigenvalue weighted by Crippen LogP contribution is 2.26. The molecule has 1 aliphatic rings. The van der Waals surface area contributed by atoms with Crippen LogP contribution >= 0.6 is 0 Å². The molecule has 2 rings (SSSR count). The summed E-state index contributed by atoms with van der Waals surface area (Å²) in [6.45, 7) is 8.98. The lowest BCUT2D eigenvalue weighted by atomic mass is 10.0. The Labute approximate surface area is 181 Å². The van der Waals surface area contributed by atoms with Crippen LogP contribution in [-0.2, 0) is 20.9 Å². The molecule has 0 saturated carbocycles. The van der Waals surface area contributed by atoms with Crippen LogP contribution in [0.5, 0.6) is 0 Å². The molecule has 2 N–H and O–H groups in total. The minimum atomic E-state index is -0.995. The molecule has 7 nitrogen and oxygen atoms in total. The average molecular weight is 440 g/mol. The van der Waals surface area contributed by atoms with Crippen LogP contribution in [0.2, 0.25) is 0 Å². The van der Waals surface area contributed by atoms with E-state index in [-0.39, 0.29) is 17.2 Å². The van der Waals surface area contributed by atoms with Crippen LogP contribution in [0.4, 0.5) is 19.3 Å². The molecule has 1 aliphatic heterocycles. The summed E-state index contributed by atoms with van der Waals surface area (Å²) in [4.78, 5) is 26.2. The molecule has 9 heteroatoms. The summed E-state index contributed by atoms with van der Waals surface area (Å²) in [6, 6.07) is 1.11. The number of nitrogens with one attached hydrogen (secondary N) is 2. The lowest BCUT2D eigenvalue weighted by Gasteiger charge is -2.29. The maximum absolute atomic E-state index is 14.6. The second kappa shape index (κ2) is 10.1. The third-order valence-corrected chi connectivity index (χ3v) is 4.79. The molecule has 1 atom stereocenters. The Bertz CT molecular complexity index is 827. The van der Waals surface area contributed by atoms with Gasteiger partial charge in [-0.1, -0.05) is 13.8 Å². The molecule has 0 radical (unpaired) electrons. The fraction of sp³-hybridized carbons (Fsp3) is 0.591. The van der Waals surface area contributed by atoms with Crippen molar-refractivity contribution in [2.45, 2.75) is 65.7 Å². The van der Waals surface area contributed by atoms with E-state index in [4.69, 9.17) is 14.9 Å². The second-order valence-electron chi connectivity index (χ2n) is 8.96.